The van der Waals surface area contributed by atoms with Crippen LogP contribution in [0.2, 0.25) is 0 Å². The Bertz CT molecular complexity index is 768. The van der Waals surface area contributed by atoms with Crippen LogP contribution in [0.25, 0.3) is 0 Å². The van der Waals surface area contributed by atoms with Crippen molar-refractivity contribution >= 4 is 5.96 Å². The molecule has 1 aromatic carbocycles. The molecule has 0 saturated carbocycles. The molecule has 3 unspecified atom stereocenters. The van der Waals surface area contributed by atoms with E-state index in [0.29, 0.717) is 12.0 Å². The fraction of sp³-hybridized carbons (Fsp3) is 0.565. The van der Waals surface area contributed by atoms with E-state index < -0.39 is 0 Å². The van der Waals surface area contributed by atoms with Gasteiger partial charge >= 0.3 is 0 Å². The van der Waals surface area contributed by atoms with Crippen LogP contribution in [0.1, 0.15) is 51.8 Å². The molecule has 0 radical (unpaired) electrons. The lowest BCUT2D eigenvalue weighted by Gasteiger charge is -2.40. The summed E-state index contributed by atoms with van der Waals surface area (Å²) in [6.45, 7) is 11.8. The second-order valence-corrected chi connectivity index (χ2v) is 8.85. The molecule has 2 aromatic rings. The molecule has 3 atom stereocenters. The number of aromatic nitrogens is 2. The number of aliphatic imine (C=N–C) groups is 1. The highest BCUT2D eigenvalue weighted by molar-refractivity contribution is 5.80. The number of likely N-dealkylation sites (tertiary alicyclic amines) is 1. The number of imidazole rings is 1. The average Bonchev–Trinajstić information content (AvgIpc) is 3.24. The Morgan fingerprint density at radius 2 is 2.07 bits per heavy atom. The highest BCUT2D eigenvalue weighted by Crippen LogP contribution is 2.27. The van der Waals surface area contributed by atoms with Crippen LogP contribution in [0, 0.1) is 5.92 Å². The normalized spacial score (nSPS) is 21.8. The summed E-state index contributed by atoms with van der Waals surface area (Å²) in [6.07, 6.45) is 7.01. The number of guanidine groups is 1. The Balaban J connectivity index is 1.58. The second-order valence-electron chi connectivity index (χ2n) is 8.85. The van der Waals surface area contributed by atoms with Gasteiger partial charge < -0.3 is 20.1 Å². The van der Waals surface area contributed by atoms with Crippen LogP contribution < -0.4 is 10.6 Å². The fourth-order valence-electron chi connectivity index (χ4n) is 4.19. The fourth-order valence-corrected chi connectivity index (χ4v) is 4.19. The SMILES string of the molecule is CN=C(NCC(C)(C)NC(C)c1ccccc1)N1CCC(C)C(n2ccnc2)C1. The predicted octanol–water partition coefficient (Wildman–Crippen LogP) is 3.47. The zero-order chi connectivity index (χ0) is 20.9. The maximum Gasteiger partial charge on any atom is 0.193 e. The number of piperidine rings is 1. The van der Waals surface area contributed by atoms with Crippen molar-refractivity contribution in [1.29, 1.82) is 0 Å². The van der Waals surface area contributed by atoms with E-state index in [1.807, 2.05) is 19.6 Å². The van der Waals surface area contributed by atoms with Crippen molar-refractivity contribution < 1.29 is 0 Å². The van der Waals surface area contributed by atoms with E-state index in [4.69, 9.17) is 0 Å². The van der Waals surface area contributed by atoms with Crippen LogP contribution in [0.15, 0.2) is 54.0 Å². The monoisotopic (exact) mass is 396 g/mol. The molecule has 3 rings (SSSR count). The van der Waals surface area contributed by atoms with Gasteiger partial charge in [0.1, 0.15) is 0 Å². The van der Waals surface area contributed by atoms with Gasteiger partial charge in [0.25, 0.3) is 0 Å². The molecule has 1 fully saturated rings. The van der Waals surface area contributed by atoms with Crippen LogP contribution >= 0.6 is 0 Å². The van der Waals surface area contributed by atoms with Gasteiger partial charge in [-0.3, -0.25) is 4.99 Å². The minimum atomic E-state index is -0.0714. The van der Waals surface area contributed by atoms with E-state index in [0.717, 1.165) is 32.0 Å². The maximum atomic E-state index is 4.57. The third kappa shape index (κ3) is 5.60. The van der Waals surface area contributed by atoms with Crippen molar-refractivity contribution in [2.75, 3.05) is 26.7 Å². The Kier molecular flexibility index (Phi) is 6.96. The van der Waals surface area contributed by atoms with Gasteiger partial charge in [-0.2, -0.15) is 0 Å². The summed E-state index contributed by atoms with van der Waals surface area (Å²) < 4.78 is 2.23. The molecular formula is C23H36N6. The van der Waals surface area contributed by atoms with Crippen molar-refractivity contribution in [1.82, 2.24) is 25.1 Å². The second kappa shape index (κ2) is 9.44. The minimum Gasteiger partial charge on any atom is -0.354 e. The first-order valence-electron chi connectivity index (χ1n) is 10.7. The molecule has 1 aromatic heterocycles. The van der Waals surface area contributed by atoms with Crippen LogP contribution in [0.3, 0.4) is 0 Å². The topological polar surface area (TPSA) is 57.5 Å². The zero-order valence-electron chi connectivity index (χ0n) is 18.5. The van der Waals surface area contributed by atoms with Crippen LogP contribution in [0.5, 0.6) is 0 Å². The molecule has 6 nitrogen and oxygen atoms in total. The van der Waals surface area contributed by atoms with Gasteiger partial charge in [-0.1, -0.05) is 37.3 Å². The van der Waals surface area contributed by atoms with Gasteiger partial charge in [0.15, 0.2) is 5.96 Å². The van der Waals surface area contributed by atoms with E-state index in [9.17, 15) is 0 Å². The average molecular weight is 397 g/mol. The number of nitrogens with zero attached hydrogens (tertiary/aromatic N) is 4. The predicted molar refractivity (Wildman–Crippen MR) is 120 cm³/mol. The Morgan fingerprint density at radius 3 is 2.72 bits per heavy atom. The first-order valence-corrected chi connectivity index (χ1v) is 10.7. The maximum absolute atomic E-state index is 4.57. The van der Waals surface area contributed by atoms with Crippen LogP contribution in [-0.2, 0) is 0 Å². The molecule has 29 heavy (non-hydrogen) atoms. The van der Waals surface area contributed by atoms with Gasteiger partial charge in [0, 0.05) is 50.7 Å². The van der Waals surface area contributed by atoms with Crippen LogP contribution in [0.4, 0.5) is 0 Å². The highest BCUT2D eigenvalue weighted by Gasteiger charge is 2.30. The summed E-state index contributed by atoms with van der Waals surface area (Å²) in [5, 5.41) is 7.35. The lowest BCUT2D eigenvalue weighted by Crippen LogP contribution is -2.54. The number of benzene rings is 1. The molecule has 158 valence electrons. The van der Waals surface area contributed by atoms with E-state index in [1.165, 1.54) is 5.56 Å². The summed E-state index contributed by atoms with van der Waals surface area (Å²) in [7, 11) is 1.87. The Labute approximate surface area is 175 Å². The van der Waals surface area contributed by atoms with Gasteiger partial charge in [-0.25, -0.2) is 4.98 Å². The molecular weight excluding hydrogens is 360 g/mol. The Morgan fingerprint density at radius 1 is 1.31 bits per heavy atom. The molecule has 0 bridgehead atoms. The molecule has 6 heteroatoms. The zero-order valence-corrected chi connectivity index (χ0v) is 18.5. The summed E-state index contributed by atoms with van der Waals surface area (Å²) in [4.78, 5) is 11.2. The summed E-state index contributed by atoms with van der Waals surface area (Å²) in [5.41, 5.74) is 1.23. The van der Waals surface area contributed by atoms with Crippen molar-refractivity contribution in [2.24, 2.45) is 10.9 Å². The highest BCUT2D eigenvalue weighted by atomic mass is 15.3. The van der Waals surface area contributed by atoms with Crippen molar-refractivity contribution in [3.63, 3.8) is 0 Å². The molecule has 2 heterocycles. The van der Waals surface area contributed by atoms with Crippen molar-refractivity contribution in [2.45, 2.75) is 51.7 Å². The number of nitrogens with one attached hydrogen (secondary N) is 2. The van der Waals surface area contributed by atoms with Gasteiger partial charge in [-0.15, -0.1) is 0 Å². The van der Waals surface area contributed by atoms with E-state index in [-0.39, 0.29) is 11.6 Å². The molecule has 0 amide bonds. The smallest absolute Gasteiger partial charge is 0.193 e. The minimum absolute atomic E-state index is 0.0714. The van der Waals surface area contributed by atoms with Gasteiger partial charge in [0.2, 0.25) is 0 Å². The molecule has 0 aliphatic carbocycles. The van der Waals surface area contributed by atoms with Crippen molar-refractivity contribution in [3.05, 3.63) is 54.6 Å². The third-order valence-corrected chi connectivity index (χ3v) is 5.93. The quantitative estimate of drug-likeness (QED) is 0.580. The van der Waals surface area contributed by atoms with E-state index in [2.05, 4.69) is 94.3 Å². The lowest BCUT2D eigenvalue weighted by atomic mass is 9.93. The first kappa shape index (κ1) is 21.4. The largest absolute Gasteiger partial charge is 0.354 e. The van der Waals surface area contributed by atoms with E-state index in [1.54, 1.807) is 0 Å². The van der Waals surface area contributed by atoms with E-state index >= 15 is 0 Å². The molecule has 2 N–H and O–H groups in total. The molecule has 0 spiro atoms. The molecule has 1 saturated heterocycles. The number of hydrogen-bond acceptors (Lipinski definition) is 3. The first-order chi connectivity index (χ1) is 13.9. The van der Waals surface area contributed by atoms with Gasteiger partial charge in [-0.05, 0) is 38.7 Å². The lowest BCUT2D eigenvalue weighted by molar-refractivity contribution is 0.188. The number of hydrogen-bond donors (Lipinski definition) is 2. The summed E-state index contributed by atoms with van der Waals surface area (Å²) >= 11 is 0. The van der Waals surface area contributed by atoms with Gasteiger partial charge in [0.05, 0.1) is 12.4 Å². The summed E-state index contributed by atoms with van der Waals surface area (Å²) in [6, 6.07) is 11.3. The summed E-state index contributed by atoms with van der Waals surface area (Å²) in [5.74, 6) is 1.60. The number of rotatable bonds is 6. The standard InChI is InChI=1S/C23H36N6/c1-18-11-13-28(15-21(18)29-14-12-25-17-29)22(24-5)26-16-23(3,4)27-19(2)20-9-7-6-8-10-20/h6-10,12,14,17-19,21,27H,11,13,15-16H2,1-5H3,(H,24,26). The third-order valence-electron chi connectivity index (χ3n) is 5.93. The van der Waals surface area contributed by atoms with Crippen molar-refractivity contribution in [3.8, 4) is 0 Å². The molecule has 1 aliphatic heterocycles. The Hall–Kier alpha value is -2.34. The van der Waals surface area contributed by atoms with Crippen LogP contribution in [-0.4, -0.2) is 52.6 Å². The molecule has 1 aliphatic rings.